The molecule has 0 unspecified atom stereocenters. The van der Waals surface area contributed by atoms with Crippen molar-refractivity contribution in [3.63, 3.8) is 0 Å². The van der Waals surface area contributed by atoms with E-state index in [2.05, 4.69) is 19.2 Å². The zero-order chi connectivity index (χ0) is 9.94. The van der Waals surface area contributed by atoms with Gasteiger partial charge in [-0.25, -0.2) is 0 Å². The van der Waals surface area contributed by atoms with Gasteiger partial charge in [-0.2, -0.15) is 0 Å². The van der Waals surface area contributed by atoms with Crippen LogP contribution in [0.4, 0.5) is 0 Å². The lowest BCUT2D eigenvalue weighted by Crippen LogP contribution is -2.21. The van der Waals surface area contributed by atoms with Gasteiger partial charge in [-0.05, 0) is 25.3 Å². The minimum absolute atomic E-state index is 0.635. The van der Waals surface area contributed by atoms with Gasteiger partial charge in [0.2, 0.25) is 0 Å². The lowest BCUT2D eigenvalue weighted by atomic mass is 10.2. The van der Waals surface area contributed by atoms with Crippen molar-refractivity contribution in [2.24, 2.45) is 5.92 Å². The Balaban J connectivity index is 2.84. The van der Waals surface area contributed by atoms with E-state index in [1.165, 1.54) is 0 Å². The SMILES string of the molecule is CC(C)COCCNCCCCCl. The molecule has 13 heavy (non-hydrogen) atoms. The van der Waals surface area contributed by atoms with Crippen molar-refractivity contribution < 1.29 is 4.74 Å². The quantitative estimate of drug-likeness (QED) is 0.463. The molecule has 0 fully saturated rings. The maximum absolute atomic E-state index is 5.55. The Kier molecular flexibility index (Phi) is 10.5. The van der Waals surface area contributed by atoms with Crippen molar-refractivity contribution in [1.29, 1.82) is 0 Å². The highest BCUT2D eigenvalue weighted by Gasteiger charge is 1.93. The van der Waals surface area contributed by atoms with E-state index in [-0.39, 0.29) is 0 Å². The number of rotatable bonds is 9. The summed E-state index contributed by atoms with van der Waals surface area (Å²) in [7, 11) is 0. The summed E-state index contributed by atoms with van der Waals surface area (Å²) in [5.41, 5.74) is 0. The smallest absolute Gasteiger partial charge is 0.0591 e. The van der Waals surface area contributed by atoms with Crippen LogP contribution in [0.5, 0.6) is 0 Å². The standard InChI is InChI=1S/C10H22ClNO/c1-10(2)9-13-8-7-12-6-4-3-5-11/h10,12H,3-9H2,1-2H3. The van der Waals surface area contributed by atoms with Gasteiger partial charge in [0.1, 0.15) is 0 Å². The summed E-state index contributed by atoms with van der Waals surface area (Å²) in [5.74, 6) is 1.40. The number of ether oxygens (including phenoxy) is 1. The van der Waals surface area contributed by atoms with Crippen molar-refractivity contribution in [2.75, 3.05) is 32.2 Å². The van der Waals surface area contributed by atoms with E-state index in [4.69, 9.17) is 16.3 Å². The first kappa shape index (κ1) is 13.2. The van der Waals surface area contributed by atoms with Gasteiger partial charge in [0.15, 0.2) is 0 Å². The van der Waals surface area contributed by atoms with Gasteiger partial charge in [-0.15, -0.1) is 11.6 Å². The molecule has 1 N–H and O–H groups in total. The zero-order valence-corrected chi connectivity index (χ0v) is 9.57. The highest BCUT2D eigenvalue weighted by Crippen LogP contribution is 1.91. The third kappa shape index (κ3) is 12.2. The molecule has 0 aliphatic carbocycles. The predicted octanol–water partition coefficient (Wildman–Crippen LogP) is 2.27. The Hall–Kier alpha value is 0.210. The van der Waals surface area contributed by atoms with E-state index in [0.717, 1.165) is 45.0 Å². The number of hydrogen-bond donors (Lipinski definition) is 1. The number of alkyl halides is 1. The van der Waals surface area contributed by atoms with Crippen LogP contribution in [0.1, 0.15) is 26.7 Å². The summed E-state index contributed by atoms with van der Waals surface area (Å²) in [6.07, 6.45) is 2.26. The summed E-state index contributed by atoms with van der Waals surface area (Å²) in [6, 6.07) is 0. The normalized spacial score (nSPS) is 11.1. The van der Waals surface area contributed by atoms with Crippen molar-refractivity contribution in [2.45, 2.75) is 26.7 Å². The molecular formula is C10H22ClNO. The van der Waals surface area contributed by atoms with Crippen LogP contribution >= 0.6 is 11.6 Å². The summed E-state index contributed by atoms with van der Waals surface area (Å²) in [5, 5.41) is 3.31. The second kappa shape index (κ2) is 10.3. The van der Waals surface area contributed by atoms with Crippen molar-refractivity contribution >= 4 is 11.6 Å². The van der Waals surface area contributed by atoms with Gasteiger partial charge in [-0.1, -0.05) is 13.8 Å². The van der Waals surface area contributed by atoms with Crippen LogP contribution in [0.25, 0.3) is 0 Å². The largest absolute Gasteiger partial charge is 0.380 e. The van der Waals surface area contributed by atoms with E-state index < -0.39 is 0 Å². The van der Waals surface area contributed by atoms with E-state index in [1.807, 2.05) is 0 Å². The van der Waals surface area contributed by atoms with Gasteiger partial charge in [-0.3, -0.25) is 0 Å². The van der Waals surface area contributed by atoms with Crippen LogP contribution in [0, 0.1) is 5.92 Å². The van der Waals surface area contributed by atoms with Crippen LogP contribution in [0.3, 0.4) is 0 Å². The second-order valence-corrected chi connectivity index (χ2v) is 3.99. The van der Waals surface area contributed by atoms with Gasteiger partial charge >= 0.3 is 0 Å². The number of nitrogens with one attached hydrogen (secondary N) is 1. The fraction of sp³-hybridized carbons (Fsp3) is 1.00. The summed E-state index contributed by atoms with van der Waals surface area (Å²) in [4.78, 5) is 0. The maximum Gasteiger partial charge on any atom is 0.0591 e. The molecule has 0 atom stereocenters. The molecule has 0 aliphatic rings. The first-order valence-corrected chi connectivity index (χ1v) is 5.65. The lowest BCUT2D eigenvalue weighted by Gasteiger charge is -2.07. The Morgan fingerprint density at radius 2 is 2.00 bits per heavy atom. The van der Waals surface area contributed by atoms with Gasteiger partial charge < -0.3 is 10.1 Å². The van der Waals surface area contributed by atoms with Crippen LogP contribution in [-0.2, 0) is 4.74 Å². The van der Waals surface area contributed by atoms with Gasteiger partial charge in [0.25, 0.3) is 0 Å². The highest BCUT2D eigenvalue weighted by atomic mass is 35.5. The van der Waals surface area contributed by atoms with Crippen LogP contribution < -0.4 is 5.32 Å². The molecule has 3 heteroatoms. The van der Waals surface area contributed by atoms with Crippen molar-refractivity contribution in [3.8, 4) is 0 Å². The molecule has 0 aliphatic heterocycles. The zero-order valence-electron chi connectivity index (χ0n) is 8.81. The predicted molar refractivity (Wildman–Crippen MR) is 58.5 cm³/mol. The van der Waals surface area contributed by atoms with E-state index in [1.54, 1.807) is 0 Å². The topological polar surface area (TPSA) is 21.3 Å². The number of hydrogen-bond acceptors (Lipinski definition) is 2. The molecule has 0 heterocycles. The molecule has 0 aromatic carbocycles. The molecule has 0 bridgehead atoms. The van der Waals surface area contributed by atoms with E-state index in [0.29, 0.717) is 5.92 Å². The summed E-state index contributed by atoms with van der Waals surface area (Å²) < 4.78 is 5.41. The number of halogens is 1. The molecule has 0 aromatic rings. The monoisotopic (exact) mass is 207 g/mol. The van der Waals surface area contributed by atoms with Crippen molar-refractivity contribution in [3.05, 3.63) is 0 Å². The Morgan fingerprint density at radius 1 is 1.23 bits per heavy atom. The van der Waals surface area contributed by atoms with Crippen LogP contribution in [0.15, 0.2) is 0 Å². The molecule has 80 valence electrons. The Bertz CT molecular complexity index is 98.9. The Morgan fingerprint density at radius 3 is 2.62 bits per heavy atom. The van der Waals surface area contributed by atoms with Crippen LogP contribution in [-0.4, -0.2) is 32.2 Å². The van der Waals surface area contributed by atoms with Gasteiger partial charge in [0, 0.05) is 19.0 Å². The third-order valence-electron chi connectivity index (χ3n) is 1.61. The van der Waals surface area contributed by atoms with E-state index in [9.17, 15) is 0 Å². The second-order valence-electron chi connectivity index (χ2n) is 3.61. The molecular weight excluding hydrogens is 186 g/mol. The highest BCUT2D eigenvalue weighted by molar-refractivity contribution is 6.17. The van der Waals surface area contributed by atoms with E-state index >= 15 is 0 Å². The fourth-order valence-electron chi connectivity index (χ4n) is 0.933. The average molecular weight is 208 g/mol. The first-order chi connectivity index (χ1) is 6.27. The average Bonchev–Trinajstić information content (AvgIpc) is 2.09. The van der Waals surface area contributed by atoms with Gasteiger partial charge in [0.05, 0.1) is 6.61 Å². The van der Waals surface area contributed by atoms with Crippen molar-refractivity contribution in [1.82, 2.24) is 5.32 Å². The molecule has 0 radical (unpaired) electrons. The first-order valence-electron chi connectivity index (χ1n) is 5.11. The van der Waals surface area contributed by atoms with Crippen LogP contribution in [0.2, 0.25) is 0 Å². The molecule has 2 nitrogen and oxygen atoms in total. The maximum atomic E-state index is 5.55. The Labute approximate surface area is 87.0 Å². The molecule has 0 amide bonds. The molecule has 0 saturated heterocycles. The molecule has 0 aromatic heterocycles. The minimum Gasteiger partial charge on any atom is -0.380 e. The third-order valence-corrected chi connectivity index (χ3v) is 1.88. The lowest BCUT2D eigenvalue weighted by molar-refractivity contribution is 0.112. The minimum atomic E-state index is 0.635. The molecule has 0 spiro atoms. The molecule has 0 rings (SSSR count). The summed E-state index contributed by atoms with van der Waals surface area (Å²) >= 11 is 5.55. The fourth-order valence-corrected chi connectivity index (χ4v) is 1.12. The molecule has 0 saturated carbocycles. The summed E-state index contributed by atoms with van der Waals surface area (Å²) in [6.45, 7) is 8.01. The number of unbranched alkanes of at least 4 members (excludes halogenated alkanes) is 1.